The molecule has 1 amide bonds. The molecule has 0 aliphatic heterocycles. The van der Waals surface area contributed by atoms with E-state index in [1.165, 1.54) is 12.3 Å². The number of amides is 1. The molecule has 25 heavy (non-hydrogen) atoms. The van der Waals surface area contributed by atoms with Gasteiger partial charge in [0.1, 0.15) is 17.3 Å². The lowest BCUT2D eigenvalue weighted by atomic mass is 10.2. The van der Waals surface area contributed by atoms with Gasteiger partial charge < -0.3 is 9.73 Å². The Kier molecular flexibility index (Phi) is 5.09. The molecule has 0 unspecified atom stereocenters. The van der Waals surface area contributed by atoms with E-state index in [1.807, 2.05) is 6.07 Å². The molecule has 1 heterocycles. The number of halogens is 3. The summed E-state index contributed by atoms with van der Waals surface area (Å²) in [7, 11) is 0. The number of carbonyl (C=O) groups is 1. The smallest absolute Gasteiger partial charge is 0.225 e. The highest BCUT2D eigenvalue weighted by molar-refractivity contribution is 6.33. The highest BCUT2D eigenvalue weighted by atomic mass is 35.5. The summed E-state index contributed by atoms with van der Waals surface area (Å²) in [5.74, 6) is -1.38. The summed E-state index contributed by atoms with van der Waals surface area (Å²) in [6.45, 7) is 0. The van der Waals surface area contributed by atoms with Crippen molar-refractivity contribution in [3.63, 3.8) is 0 Å². The molecule has 0 aliphatic rings. The summed E-state index contributed by atoms with van der Waals surface area (Å²) in [5, 5.41) is 2.74. The monoisotopic (exact) mass is 362 g/mol. The van der Waals surface area contributed by atoms with E-state index in [0.29, 0.717) is 22.2 Å². The first-order valence-electron chi connectivity index (χ1n) is 7.48. The van der Waals surface area contributed by atoms with Gasteiger partial charge in [0, 0.05) is 18.4 Å². The van der Waals surface area contributed by atoms with Crippen LogP contribution in [0.5, 0.6) is 0 Å². The third-order valence-corrected chi connectivity index (χ3v) is 3.82. The maximum absolute atomic E-state index is 13.5. The third-order valence-electron chi connectivity index (χ3n) is 3.49. The number of oxazole rings is 1. The number of benzene rings is 2. The summed E-state index contributed by atoms with van der Waals surface area (Å²) in [6, 6.07) is 10.5. The lowest BCUT2D eigenvalue weighted by Gasteiger charge is -2.06. The van der Waals surface area contributed by atoms with Crippen LogP contribution in [0.1, 0.15) is 12.3 Å². The van der Waals surface area contributed by atoms with Crippen LogP contribution in [0, 0.1) is 11.6 Å². The van der Waals surface area contributed by atoms with Gasteiger partial charge >= 0.3 is 0 Å². The van der Waals surface area contributed by atoms with Gasteiger partial charge in [-0.05, 0) is 24.3 Å². The average Bonchev–Trinajstić information content (AvgIpc) is 3.06. The minimum atomic E-state index is -0.828. The van der Waals surface area contributed by atoms with Gasteiger partial charge in [0.2, 0.25) is 5.91 Å². The topological polar surface area (TPSA) is 55.1 Å². The molecule has 128 valence electrons. The molecule has 0 atom stereocenters. The van der Waals surface area contributed by atoms with Crippen LogP contribution in [0.3, 0.4) is 0 Å². The molecule has 4 nitrogen and oxygen atoms in total. The Morgan fingerprint density at radius 3 is 2.56 bits per heavy atom. The number of aryl methyl sites for hydroxylation is 1. The van der Waals surface area contributed by atoms with Crippen molar-refractivity contribution in [1.82, 2.24) is 4.98 Å². The van der Waals surface area contributed by atoms with Gasteiger partial charge in [0.25, 0.3) is 0 Å². The van der Waals surface area contributed by atoms with Crippen LogP contribution in [0.2, 0.25) is 5.02 Å². The Hall–Kier alpha value is -2.73. The predicted molar refractivity (Wildman–Crippen MR) is 90.3 cm³/mol. The standard InChI is InChI=1S/C18H13ClF2N2O2/c19-12-5-2-1-4-11(12)15-10-22-17(25-15)9-8-16(24)23-18-13(20)6-3-7-14(18)21/h1-7,10H,8-9H2,(H,23,24). The number of rotatable bonds is 5. The summed E-state index contributed by atoms with van der Waals surface area (Å²) in [5.41, 5.74) is 0.234. The highest BCUT2D eigenvalue weighted by Gasteiger charge is 2.14. The van der Waals surface area contributed by atoms with Crippen LogP contribution in [-0.2, 0) is 11.2 Å². The molecule has 0 bridgehead atoms. The third kappa shape index (κ3) is 4.03. The van der Waals surface area contributed by atoms with E-state index in [9.17, 15) is 13.6 Å². The van der Waals surface area contributed by atoms with Crippen LogP contribution in [0.25, 0.3) is 11.3 Å². The molecule has 0 saturated heterocycles. The second-order valence-corrected chi connectivity index (χ2v) is 5.65. The van der Waals surface area contributed by atoms with Gasteiger partial charge in [0.05, 0.1) is 11.2 Å². The van der Waals surface area contributed by atoms with E-state index in [4.69, 9.17) is 16.0 Å². The van der Waals surface area contributed by atoms with E-state index in [2.05, 4.69) is 10.3 Å². The molecule has 3 aromatic rings. The predicted octanol–water partition coefficient (Wildman–Crippen LogP) is 4.84. The number of hydrogen-bond acceptors (Lipinski definition) is 3. The SMILES string of the molecule is O=C(CCc1ncc(-c2ccccc2Cl)o1)Nc1c(F)cccc1F. The van der Waals surface area contributed by atoms with Crippen molar-refractivity contribution < 1.29 is 18.0 Å². The molecule has 7 heteroatoms. The molecule has 1 aromatic heterocycles. The maximum Gasteiger partial charge on any atom is 0.225 e. The van der Waals surface area contributed by atoms with E-state index < -0.39 is 23.2 Å². The minimum Gasteiger partial charge on any atom is -0.441 e. The molecule has 0 fully saturated rings. The number of nitrogens with one attached hydrogen (secondary N) is 1. The number of hydrogen-bond donors (Lipinski definition) is 1. The van der Waals surface area contributed by atoms with Gasteiger partial charge in [-0.15, -0.1) is 0 Å². The van der Waals surface area contributed by atoms with Crippen LogP contribution in [0.4, 0.5) is 14.5 Å². The lowest BCUT2D eigenvalue weighted by Crippen LogP contribution is -2.14. The summed E-state index contributed by atoms with van der Waals surface area (Å²) >= 11 is 6.09. The van der Waals surface area contributed by atoms with Gasteiger partial charge in [0.15, 0.2) is 11.7 Å². The Labute approximate surface area is 147 Å². The molecule has 0 radical (unpaired) electrons. The maximum atomic E-state index is 13.5. The molecule has 0 spiro atoms. The van der Waals surface area contributed by atoms with E-state index >= 15 is 0 Å². The van der Waals surface area contributed by atoms with E-state index in [0.717, 1.165) is 12.1 Å². The van der Waals surface area contributed by atoms with Crippen molar-refractivity contribution in [1.29, 1.82) is 0 Å². The Morgan fingerprint density at radius 1 is 1.12 bits per heavy atom. The molecular formula is C18H13ClF2N2O2. The first-order chi connectivity index (χ1) is 12.0. The molecular weight excluding hydrogens is 350 g/mol. The zero-order chi connectivity index (χ0) is 17.8. The summed E-state index contributed by atoms with van der Waals surface area (Å²) in [6.07, 6.45) is 1.67. The zero-order valence-electron chi connectivity index (χ0n) is 12.9. The quantitative estimate of drug-likeness (QED) is 0.706. The Morgan fingerprint density at radius 2 is 1.84 bits per heavy atom. The van der Waals surface area contributed by atoms with Crippen molar-refractivity contribution in [2.75, 3.05) is 5.32 Å². The number of nitrogens with zero attached hydrogens (tertiary/aromatic N) is 1. The Balaban J connectivity index is 1.63. The van der Waals surface area contributed by atoms with Crippen LogP contribution in [0.15, 0.2) is 53.1 Å². The molecule has 2 aromatic carbocycles. The molecule has 3 rings (SSSR count). The van der Waals surface area contributed by atoms with Crippen LogP contribution in [-0.4, -0.2) is 10.9 Å². The number of para-hydroxylation sites is 1. The first-order valence-corrected chi connectivity index (χ1v) is 7.86. The number of anilines is 1. The lowest BCUT2D eigenvalue weighted by molar-refractivity contribution is -0.116. The van der Waals surface area contributed by atoms with E-state index in [1.54, 1.807) is 18.2 Å². The van der Waals surface area contributed by atoms with E-state index in [-0.39, 0.29) is 12.8 Å². The van der Waals surface area contributed by atoms with Gasteiger partial charge in [-0.2, -0.15) is 0 Å². The van der Waals surface area contributed by atoms with Crippen LogP contribution >= 0.6 is 11.6 Å². The van der Waals surface area contributed by atoms with Crippen molar-refractivity contribution in [2.24, 2.45) is 0 Å². The van der Waals surface area contributed by atoms with Gasteiger partial charge in [-0.3, -0.25) is 4.79 Å². The fourth-order valence-electron chi connectivity index (χ4n) is 2.25. The minimum absolute atomic E-state index is 0.0315. The van der Waals surface area contributed by atoms with Crippen LogP contribution < -0.4 is 5.32 Å². The number of carbonyl (C=O) groups excluding carboxylic acids is 1. The summed E-state index contributed by atoms with van der Waals surface area (Å²) in [4.78, 5) is 16.0. The first kappa shape index (κ1) is 17.1. The van der Waals surface area contributed by atoms with Crippen molar-refractivity contribution >= 4 is 23.2 Å². The second-order valence-electron chi connectivity index (χ2n) is 5.24. The fraction of sp³-hybridized carbons (Fsp3) is 0.111. The summed E-state index contributed by atoms with van der Waals surface area (Å²) < 4.78 is 32.6. The zero-order valence-corrected chi connectivity index (χ0v) is 13.7. The second kappa shape index (κ2) is 7.44. The van der Waals surface area contributed by atoms with Crippen molar-refractivity contribution in [2.45, 2.75) is 12.8 Å². The van der Waals surface area contributed by atoms with Gasteiger partial charge in [-0.25, -0.2) is 13.8 Å². The van der Waals surface area contributed by atoms with Gasteiger partial charge in [-0.1, -0.05) is 29.8 Å². The molecule has 0 saturated carbocycles. The normalized spacial score (nSPS) is 10.7. The van der Waals surface area contributed by atoms with Crippen molar-refractivity contribution in [3.8, 4) is 11.3 Å². The Bertz CT molecular complexity index is 891. The fourth-order valence-corrected chi connectivity index (χ4v) is 2.48. The average molecular weight is 363 g/mol. The highest BCUT2D eigenvalue weighted by Crippen LogP contribution is 2.28. The largest absolute Gasteiger partial charge is 0.441 e. The number of aromatic nitrogens is 1. The van der Waals surface area contributed by atoms with Crippen molar-refractivity contribution in [3.05, 3.63) is 71.2 Å². The molecule has 0 aliphatic carbocycles. The molecule has 1 N–H and O–H groups in total.